The summed E-state index contributed by atoms with van der Waals surface area (Å²) in [5.74, 6) is -0.392. The second kappa shape index (κ2) is 6.58. The maximum absolute atomic E-state index is 13.8. The average molecular weight is 364 g/mol. The van der Waals surface area contributed by atoms with Gasteiger partial charge in [-0.2, -0.15) is 13.2 Å². The van der Waals surface area contributed by atoms with Gasteiger partial charge < -0.3 is 0 Å². The summed E-state index contributed by atoms with van der Waals surface area (Å²) >= 11 is 0. The van der Waals surface area contributed by atoms with Crippen LogP contribution in [0.4, 0.5) is 13.2 Å². The van der Waals surface area contributed by atoms with E-state index < -0.39 is 23.5 Å². The van der Waals surface area contributed by atoms with Gasteiger partial charge in [0.15, 0.2) is 0 Å². The number of amides is 1. The molecule has 1 atom stereocenters. The molecule has 1 N–H and O–H groups in total. The van der Waals surface area contributed by atoms with Crippen molar-refractivity contribution in [3.63, 3.8) is 0 Å². The molecule has 0 aliphatic carbocycles. The van der Waals surface area contributed by atoms with Crippen LogP contribution in [0.2, 0.25) is 0 Å². The lowest BCUT2D eigenvalue weighted by molar-refractivity contribution is -0.191. The molecule has 2 aromatic rings. The fraction of sp³-hybridized carbons (Fsp3) is 0.450. The molecule has 1 aliphatic rings. The van der Waals surface area contributed by atoms with Gasteiger partial charge in [0.05, 0.1) is 5.41 Å². The quantitative estimate of drug-likeness (QED) is 0.848. The van der Waals surface area contributed by atoms with Crippen LogP contribution in [-0.4, -0.2) is 23.6 Å². The molecule has 0 bridgehead atoms. The number of nitrogens with zero attached hydrogens (tertiary/aromatic N) is 1. The highest BCUT2D eigenvalue weighted by atomic mass is 19.4. The van der Waals surface area contributed by atoms with Crippen molar-refractivity contribution in [2.75, 3.05) is 6.54 Å². The normalized spacial score (nSPS) is 18.9. The highest BCUT2D eigenvalue weighted by molar-refractivity contribution is 5.85. The number of hydrogen-bond donors (Lipinski definition) is 1. The summed E-state index contributed by atoms with van der Waals surface area (Å²) in [5, 5.41) is 2.70. The molecule has 26 heavy (non-hydrogen) atoms. The molecule has 0 aromatic heterocycles. The van der Waals surface area contributed by atoms with Gasteiger partial charge >= 0.3 is 6.18 Å². The Morgan fingerprint density at radius 1 is 1.15 bits per heavy atom. The van der Waals surface area contributed by atoms with E-state index in [1.165, 1.54) is 11.6 Å². The van der Waals surface area contributed by atoms with Gasteiger partial charge in [-0.25, -0.2) is 5.01 Å². The highest BCUT2D eigenvalue weighted by Gasteiger charge is 2.51. The number of aryl methyl sites for hydroxylation is 1. The van der Waals surface area contributed by atoms with Crippen LogP contribution in [0.1, 0.15) is 44.4 Å². The molecule has 1 heterocycles. The Labute approximate surface area is 151 Å². The molecule has 1 saturated heterocycles. The molecule has 0 unspecified atom stereocenters. The van der Waals surface area contributed by atoms with Gasteiger partial charge in [-0.1, -0.05) is 43.7 Å². The van der Waals surface area contributed by atoms with Gasteiger partial charge in [0.1, 0.15) is 6.04 Å². The number of benzene rings is 2. The van der Waals surface area contributed by atoms with Gasteiger partial charge in [-0.05, 0) is 48.2 Å². The molecular weight excluding hydrogens is 341 g/mol. The second-order valence-electron chi connectivity index (χ2n) is 7.59. The molecule has 3 rings (SSSR count). The molecule has 3 nitrogen and oxygen atoms in total. The lowest BCUT2D eigenvalue weighted by Gasteiger charge is -2.30. The number of hydrazine groups is 1. The van der Waals surface area contributed by atoms with Gasteiger partial charge in [0, 0.05) is 6.54 Å². The Morgan fingerprint density at radius 3 is 2.38 bits per heavy atom. The molecule has 1 aliphatic heterocycles. The van der Waals surface area contributed by atoms with Gasteiger partial charge in [-0.3, -0.25) is 10.2 Å². The first-order valence-corrected chi connectivity index (χ1v) is 8.79. The lowest BCUT2D eigenvalue weighted by atomic mass is 9.93. The van der Waals surface area contributed by atoms with E-state index in [9.17, 15) is 18.0 Å². The summed E-state index contributed by atoms with van der Waals surface area (Å²) in [5.41, 5.74) is 2.85. The van der Waals surface area contributed by atoms with Crippen LogP contribution in [0.3, 0.4) is 0 Å². The first-order chi connectivity index (χ1) is 12.1. The standard InChI is InChI=1S/C20H23F3N2O/c1-4-5-13-6-7-15-11-16(9-8-14(15)10-13)17(20(21,22)23)25-12-19(2,3)18(26)24-25/h6-11,17H,4-5,12H2,1-3H3,(H,24,26)/t17-/m0/s1. The lowest BCUT2D eigenvalue weighted by Crippen LogP contribution is -2.43. The first kappa shape index (κ1) is 18.7. The maximum atomic E-state index is 13.8. The molecule has 6 heteroatoms. The van der Waals surface area contributed by atoms with Crippen LogP contribution >= 0.6 is 0 Å². The Morgan fingerprint density at radius 2 is 1.81 bits per heavy atom. The van der Waals surface area contributed by atoms with Crippen molar-refractivity contribution in [2.45, 2.75) is 45.8 Å². The maximum Gasteiger partial charge on any atom is 0.409 e. The summed E-state index contributed by atoms with van der Waals surface area (Å²) in [6.07, 6.45) is -2.54. The van der Waals surface area contributed by atoms with Crippen molar-refractivity contribution >= 4 is 16.7 Å². The zero-order chi connectivity index (χ0) is 19.1. The largest absolute Gasteiger partial charge is 0.409 e. The Kier molecular flexibility index (Phi) is 4.73. The van der Waals surface area contributed by atoms with E-state index in [1.807, 2.05) is 18.2 Å². The second-order valence-corrected chi connectivity index (χ2v) is 7.59. The fourth-order valence-corrected chi connectivity index (χ4v) is 3.45. The summed E-state index contributed by atoms with van der Waals surface area (Å²) in [6, 6.07) is 8.78. The molecule has 1 amide bonds. The number of alkyl halides is 3. The topological polar surface area (TPSA) is 32.3 Å². The third-order valence-corrected chi connectivity index (χ3v) is 4.83. The Balaban J connectivity index is 1.99. The summed E-state index contributed by atoms with van der Waals surface area (Å²) in [4.78, 5) is 12.0. The third-order valence-electron chi connectivity index (χ3n) is 4.83. The van der Waals surface area contributed by atoms with Gasteiger partial charge in [-0.15, -0.1) is 0 Å². The van der Waals surface area contributed by atoms with Crippen molar-refractivity contribution in [3.8, 4) is 0 Å². The number of rotatable bonds is 4. The van der Waals surface area contributed by atoms with Crippen LogP contribution in [0, 0.1) is 5.41 Å². The predicted molar refractivity (Wildman–Crippen MR) is 95.4 cm³/mol. The summed E-state index contributed by atoms with van der Waals surface area (Å²) < 4.78 is 41.4. The van der Waals surface area contributed by atoms with E-state index in [0.29, 0.717) is 0 Å². The SMILES string of the molecule is CCCc1ccc2cc([C@H](N3CC(C)(C)C(=O)N3)C(F)(F)F)ccc2c1. The minimum atomic E-state index is -4.50. The van der Waals surface area contributed by atoms with E-state index >= 15 is 0 Å². The third kappa shape index (κ3) is 3.56. The highest BCUT2D eigenvalue weighted by Crippen LogP contribution is 2.41. The Hall–Kier alpha value is -2.08. The van der Waals surface area contributed by atoms with E-state index in [2.05, 4.69) is 12.3 Å². The van der Waals surface area contributed by atoms with Crippen LogP contribution in [0.25, 0.3) is 10.8 Å². The summed E-state index contributed by atoms with van der Waals surface area (Å²) in [7, 11) is 0. The average Bonchev–Trinajstić information content (AvgIpc) is 2.79. The smallest absolute Gasteiger partial charge is 0.287 e. The first-order valence-electron chi connectivity index (χ1n) is 8.79. The van der Waals surface area contributed by atoms with Crippen LogP contribution in [0.15, 0.2) is 36.4 Å². The van der Waals surface area contributed by atoms with E-state index in [4.69, 9.17) is 0 Å². The van der Waals surface area contributed by atoms with Crippen molar-refractivity contribution < 1.29 is 18.0 Å². The number of carbonyl (C=O) groups excluding carboxylic acids is 1. The van der Waals surface area contributed by atoms with Crippen molar-refractivity contribution in [1.82, 2.24) is 10.4 Å². The molecule has 1 fully saturated rings. The molecular formula is C20H23F3N2O. The van der Waals surface area contributed by atoms with Gasteiger partial charge in [0.2, 0.25) is 5.91 Å². The van der Waals surface area contributed by atoms with Crippen molar-refractivity contribution in [2.24, 2.45) is 5.41 Å². The number of halogens is 3. The number of nitrogens with one attached hydrogen (secondary N) is 1. The zero-order valence-corrected chi connectivity index (χ0v) is 15.2. The van der Waals surface area contributed by atoms with Crippen LogP contribution in [-0.2, 0) is 11.2 Å². The Bertz CT molecular complexity index is 829. The predicted octanol–water partition coefficient (Wildman–Crippen LogP) is 4.77. The van der Waals surface area contributed by atoms with Gasteiger partial charge in [0.25, 0.3) is 0 Å². The fourth-order valence-electron chi connectivity index (χ4n) is 3.45. The molecule has 0 radical (unpaired) electrons. The van der Waals surface area contributed by atoms with Crippen molar-refractivity contribution in [1.29, 1.82) is 0 Å². The minimum absolute atomic E-state index is 0.00346. The van der Waals surface area contributed by atoms with Crippen molar-refractivity contribution in [3.05, 3.63) is 47.5 Å². The van der Waals surface area contributed by atoms with E-state index in [1.54, 1.807) is 26.0 Å². The van der Waals surface area contributed by atoms with E-state index in [0.717, 1.165) is 28.6 Å². The molecule has 0 saturated carbocycles. The number of carbonyl (C=O) groups is 1. The van der Waals surface area contributed by atoms with Crippen LogP contribution in [0.5, 0.6) is 0 Å². The number of fused-ring (bicyclic) bond motifs is 1. The molecule has 2 aromatic carbocycles. The monoisotopic (exact) mass is 364 g/mol. The minimum Gasteiger partial charge on any atom is -0.287 e. The van der Waals surface area contributed by atoms with E-state index in [-0.39, 0.29) is 12.1 Å². The molecule has 0 spiro atoms. The summed E-state index contributed by atoms with van der Waals surface area (Å²) in [6.45, 7) is 5.38. The number of hydrogen-bond acceptors (Lipinski definition) is 2. The zero-order valence-electron chi connectivity index (χ0n) is 15.2. The van der Waals surface area contributed by atoms with Crippen LogP contribution < -0.4 is 5.43 Å². The molecule has 140 valence electrons.